The van der Waals surface area contributed by atoms with Gasteiger partial charge in [0.25, 0.3) is 0 Å². The Morgan fingerprint density at radius 2 is 1.65 bits per heavy atom. The Balaban J connectivity index is 2.14. The van der Waals surface area contributed by atoms with Gasteiger partial charge < -0.3 is 0 Å². The van der Waals surface area contributed by atoms with Gasteiger partial charge in [0.1, 0.15) is 0 Å². The number of hydrogen-bond donors (Lipinski definition) is 1. The Kier molecular flexibility index (Phi) is 4.58. The van der Waals surface area contributed by atoms with E-state index in [0.717, 1.165) is 4.40 Å². The van der Waals surface area contributed by atoms with E-state index in [-0.39, 0.29) is 11.5 Å². The van der Waals surface area contributed by atoms with Gasteiger partial charge in [0.05, 0.1) is 0 Å². The normalized spacial score (nSPS) is 10.1. The molecule has 0 aliphatic carbocycles. The van der Waals surface area contributed by atoms with Crippen LogP contribution in [0.5, 0.6) is 0 Å². The van der Waals surface area contributed by atoms with Crippen molar-refractivity contribution in [2.75, 3.05) is 7.05 Å². The first-order chi connectivity index (χ1) is 9.58. The first-order valence-corrected chi connectivity index (χ1v) is 8.00. The van der Waals surface area contributed by atoms with E-state index >= 15 is 0 Å². The zero-order valence-corrected chi connectivity index (χ0v) is 13.0. The molecule has 2 radical (unpaired) electrons. The number of carbonyl (C=O) groups excluding carboxylic acids is 1. The van der Waals surface area contributed by atoms with Crippen LogP contribution in [0.25, 0.3) is 0 Å². The molecule has 0 unspecified atom stereocenters. The summed E-state index contributed by atoms with van der Waals surface area (Å²) < 4.78 is 2.84. The van der Waals surface area contributed by atoms with Crippen molar-refractivity contribution in [2.24, 2.45) is 0 Å². The van der Waals surface area contributed by atoms with Gasteiger partial charge in [-0.3, -0.25) is 0 Å². The van der Waals surface area contributed by atoms with E-state index in [0.29, 0.717) is 5.56 Å². The molecule has 0 atom stereocenters. The first kappa shape index (κ1) is 14.3. The van der Waals surface area contributed by atoms with Crippen molar-refractivity contribution in [1.29, 1.82) is 0 Å². The molecule has 2 rings (SSSR count). The predicted octanol–water partition coefficient (Wildman–Crippen LogP) is 1.40. The van der Waals surface area contributed by atoms with Crippen LogP contribution in [0.3, 0.4) is 0 Å². The maximum absolute atomic E-state index is 12.3. The molecule has 0 fully saturated rings. The van der Waals surface area contributed by atoms with Crippen molar-refractivity contribution < 1.29 is 14.7 Å². The molecule has 0 aromatic heterocycles. The molecule has 1 amide bonds. The number of nitrogens with zero attached hydrogens (tertiary/aromatic N) is 1. The summed E-state index contributed by atoms with van der Waals surface area (Å²) in [5.41, 5.74) is 0.538. The average Bonchev–Trinajstić information content (AvgIpc) is 2.47. The number of hydrogen-bond acceptors (Lipinski definition) is 2. The molecule has 0 bridgehead atoms. The SMILES string of the molecule is C[N]([Ge][c]1ccccc1)C(=O)c1cccc(C(=O)O)c1. The van der Waals surface area contributed by atoms with E-state index in [1.807, 2.05) is 30.3 Å². The van der Waals surface area contributed by atoms with Crippen LogP contribution in [0.2, 0.25) is 0 Å². The molecule has 100 valence electrons. The number of carboxylic acids is 1. The third kappa shape index (κ3) is 3.48. The molecule has 0 spiro atoms. The van der Waals surface area contributed by atoms with Gasteiger partial charge in [-0.25, -0.2) is 0 Å². The Labute approximate surface area is 123 Å². The maximum atomic E-state index is 12.3. The molecule has 0 aliphatic heterocycles. The fraction of sp³-hybridized carbons (Fsp3) is 0.0667. The van der Waals surface area contributed by atoms with E-state index < -0.39 is 21.6 Å². The van der Waals surface area contributed by atoms with Crippen LogP contribution >= 0.6 is 0 Å². The average molecular weight is 328 g/mol. The molecule has 0 saturated heterocycles. The van der Waals surface area contributed by atoms with Gasteiger partial charge in [0.15, 0.2) is 0 Å². The Bertz CT molecular complexity index is 628. The topological polar surface area (TPSA) is 57.6 Å². The minimum absolute atomic E-state index is 0.129. The molecule has 5 heteroatoms. The standard InChI is InChI=1S/C15H13GeNO3/c1-17(16-13-8-3-2-4-9-13)14(18)11-6-5-7-12(10-11)15(19)20/h2-10H,1H3,(H,19,20). The van der Waals surface area contributed by atoms with Crippen molar-refractivity contribution >= 4 is 31.9 Å². The zero-order valence-electron chi connectivity index (χ0n) is 10.9. The summed E-state index contributed by atoms with van der Waals surface area (Å²) >= 11 is -0.738. The van der Waals surface area contributed by atoms with Crippen molar-refractivity contribution in [3.8, 4) is 0 Å². The number of benzene rings is 2. The van der Waals surface area contributed by atoms with E-state index in [4.69, 9.17) is 5.11 Å². The van der Waals surface area contributed by atoms with Crippen LogP contribution in [-0.2, 0) is 0 Å². The minimum atomic E-state index is -1.03. The summed E-state index contributed by atoms with van der Waals surface area (Å²) in [6.45, 7) is 0. The van der Waals surface area contributed by atoms with E-state index in [2.05, 4.69) is 0 Å². The van der Waals surface area contributed by atoms with Crippen LogP contribution in [0.4, 0.5) is 0 Å². The van der Waals surface area contributed by atoms with Crippen molar-refractivity contribution in [3.63, 3.8) is 0 Å². The second-order valence-electron chi connectivity index (χ2n) is 4.23. The van der Waals surface area contributed by atoms with E-state index in [1.165, 1.54) is 12.1 Å². The monoisotopic (exact) mass is 329 g/mol. The molecule has 2 aromatic rings. The van der Waals surface area contributed by atoms with Gasteiger partial charge in [0.2, 0.25) is 0 Å². The molecular weight excluding hydrogens is 315 g/mol. The van der Waals surface area contributed by atoms with Crippen LogP contribution in [0.1, 0.15) is 20.7 Å². The molecule has 20 heavy (non-hydrogen) atoms. The number of carboxylic acid groups (broad SMARTS) is 1. The number of aromatic carboxylic acids is 1. The van der Waals surface area contributed by atoms with Crippen LogP contribution in [0, 0.1) is 0 Å². The summed E-state index contributed by atoms with van der Waals surface area (Å²) in [5.74, 6) is -1.17. The second kappa shape index (κ2) is 6.38. The molecule has 0 heterocycles. The molecule has 0 saturated carbocycles. The Morgan fingerprint density at radius 3 is 2.30 bits per heavy atom. The summed E-state index contributed by atoms with van der Waals surface area (Å²) in [6, 6.07) is 16.0. The Morgan fingerprint density at radius 1 is 1.00 bits per heavy atom. The van der Waals surface area contributed by atoms with Crippen LogP contribution < -0.4 is 4.40 Å². The summed E-state index contributed by atoms with van der Waals surface area (Å²) in [7, 11) is 1.75. The number of rotatable bonds is 4. The van der Waals surface area contributed by atoms with Crippen LogP contribution in [-0.4, -0.2) is 43.5 Å². The van der Waals surface area contributed by atoms with Gasteiger partial charge in [-0.1, -0.05) is 0 Å². The molecule has 4 nitrogen and oxygen atoms in total. The molecular formula is C15H13GeNO3. The summed E-state index contributed by atoms with van der Waals surface area (Å²) in [5, 5.41) is 8.95. The number of carbonyl (C=O) groups is 2. The first-order valence-electron chi connectivity index (χ1n) is 6.01. The summed E-state index contributed by atoms with van der Waals surface area (Å²) in [4.78, 5) is 23.2. The van der Waals surface area contributed by atoms with Gasteiger partial charge in [-0.15, -0.1) is 0 Å². The zero-order chi connectivity index (χ0) is 14.5. The fourth-order valence-corrected chi connectivity index (χ4v) is 3.75. The quantitative estimate of drug-likeness (QED) is 0.864. The van der Waals surface area contributed by atoms with Gasteiger partial charge in [0, 0.05) is 0 Å². The molecule has 1 N–H and O–H groups in total. The van der Waals surface area contributed by atoms with Crippen LogP contribution in [0.15, 0.2) is 54.6 Å². The van der Waals surface area contributed by atoms with Crippen molar-refractivity contribution in [2.45, 2.75) is 0 Å². The van der Waals surface area contributed by atoms with Gasteiger partial charge in [-0.2, -0.15) is 0 Å². The Hall–Kier alpha value is -2.08. The number of amides is 1. The van der Waals surface area contributed by atoms with Gasteiger partial charge >= 0.3 is 123 Å². The van der Waals surface area contributed by atoms with E-state index in [9.17, 15) is 9.59 Å². The van der Waals surface area contributed by atoms with E-state index in [1.54, 1.807) is 23.0 Å². The predicted molar refractivity (Wildman–Crippen MR) is 77.3 cm³/mol. The third-order valence-electron chi connectivity index (χ3n) is 2.73. The van der Waals surface area contributed by atoms with Crippen molar-refractivity contribution in [3.05, 3.63) is 65.7 Å². The second-order valence-corrected chi connectivity index (χ2v) is 7.32. The molecule has 2 aromatic carbocycles. The fourth-order valence-electron chi connectivity index (χ4n) is 1.74. The van der Waals surface area contributed by atoms with Gasteiger partial charge in [-0.05, 0) is 0 Å². The molecule has 0 aliphatic rings. The van der Waals surface area contributed by atoms with Crippen molar-refractivity contribution in [1.82, 2.24) is 3.86 Å². The third-order valence-corrected chi connectivity index (χ3v) is 5.10. The summed E-state index contributed by atoms with van der Waals surface area (Å²) in [6.07, 6.45) is 0.